The minimum atomic E-state index is 0.470. The Morgan fingerprint density at radius 3 is 2.62 bits per heavy atom. The SMILES string of the molecule is CC(C)c1nc(-c2ccncc2)sc1CNC1CCCC1. The number of pyridine rings is 1. The Hall–Kier alpha value is -1.26. The third-order valence-corrected chi connectivity index (χ3v) is 5.23. The summed E-state index contributed by atoms with van der Waals surface area (Å²) in [6, 6.07) is 4.78. The van der Waals surface area contributed by atoms with Gasteiger partial charge in [0.15, 0.2) is 0 Å². The van der Waals surface area contributed by atoms with Gasteiger partial charge < -0.3 is 5.32 Å². The van der Waals surface area contributed by atoms with Gasteiger partial charge in [0.1, 0.15) is 5.01 Å². The van der Waals surface area contributed by atoms with Gasteiger partial charge in [0.25, 0.3) is 0 Å². The summed E-state index contributed by atoms with van der Waals surface area (Å²) in [5.41, 5.74) is 2.42. The fourth-order valence-corrected chi connectivity index (χ4v) is 4.10. The normalized spacial score (nSPS) is 16.0. The Bertz CT molecular complexity index is 571. The molecule has 0 radical (unpaired) electrons. The molecule has 1 aliphatic carbocycles. The number of thiazole rings is 1. The van der Waals surface area contributed by atoms with Gasteiger partial charge in [0.05, 0.1) is 5.69 Å². The van der Waals surface area contributed by atoms with Gasteiger partial charge in [-0.15, -0.1) is 11.3 Å². The molecule has 112 valence electrons. The molecule has 2 aromatic heterocycles. The molecule has 3 rings (SSSR count). The average molecular weight is 301 g/mol. The fourth-order valence-electron chi connectivity index (χ4n) is 2.93. The van der Waals surface area contributed by atoms with Crippen LogP contribution < -0.4 is 5.32 Å². The molecular weight excluding hydrogens is 278 g/mol. The topological polar surface area (TPSA) is 37.8 Å². The molecule has 2 heterocycles. The molecule has 1 aliphatic rings. The number of hydrogen-bond donors (Lipinski definition) is 1. The van der Waals surface area contributed by atoms with E-state index in [1.807, 2.05) is 35.9 Å². The lowest BCUT2D eigenvalue weighted by Crippen LogP contribution is -2.25. The summed E-state index contributed by atoms with van der Waals surface area (Å²) in [5, 5.41) is 4.83. The first-order valence-electron chi connectivity index (χ1n) is 7.87. The van der Waals surface area contributed by atoms with Crippen molar-refractivity contribution >= 4 is 11.3 Å². The molecule has 21 heavy (non-hydrogen) atoms. The fraction of sp³-hybridized carbons (Fsp3) is 0.529. The van der Waals surface area contributed by atoms with Crippen molar-refractivity contribution < 1.29 is 0 Å². The van der Waals surface area contributed by atoms with E-state index in [0.717, 1.165) is 11.6 Å². The van der Waals surface area contributed by atoms with Crippen molar-refractivity contribution in [3.63, 3.8) is 0 Å². The van der Waals surface area contributed by atoms with Gasteiger partial charge in [-0.1, -0.05) is 26.7 Å². The van der Waals surface area contributed by atoms with Crippen LogP contribution in [0.1, 0.15) is 56.0 Å². The highest BCUT2D eigenvalue weighted by Gasteiger charge is 2.18. The van der Waals surface area contributed by atoms with Crippen LogP contribution in [0.15, 0.2) is 24.5 Å². The van der Waals surface area contributed by atoms with Crippen molar-refractivity contribution in [3.05, 3.63) is 35.1 Å². The van der Waals surface area contributed by atoms with Crippen LogP contribution in [-0.2, 0) is 6.54 Å². The van der Waals surface area contributed by atoms with Gasteiger partial charge in [0, 0.05) is 35.4 Å². The zero-order valence-electron chi connectivity index (χ0n) is 12.8. The number of nitrogens with one attached hydrogen (secondary N) is 1. The van der Waals surface area contributed by atoms with Crippen LogP contribution in [0.25, 0.3) is 10.6 Å². The van der Waals surface area contributed by atoms with Crippen LogP contribution >= 0.6 is 11.3 Å². The van der Waals surface area contributed by atoms with Gasteiger partial charge in [-0.2, -0.15) is 0 Å². The molecule has 0 aliphatic heterocycles. The van der Waals surface area contributed by atoms with Gasteiger partial charge in [-0.05, 0) is 30.9 Å². The number of aromatic nitrogens is 2. The summed E-state index contributed by atoms with van der Waals surface area (Å²) < 4.78 is 0. The average Bonchev–Trinajstić information content (AvgIpc) is 3.15. The Morgan fingerprint density at radius 1 is 1.24 bits per heavy atom. The largest absolute Gasteiger partial charge is 0.309 e. The third-order valence-electron chi connectivity index (χ3n) is 4.11. The molecule has 3 nitrogen and oxygen atoms in total. The Balaban J connectivity index is 1.79. The van der Waals surface area contributed by atoms with E-state index in [0.29, 0.717) is 12.0 Å². The lowest BCUT2D eigenvalue weighted by Gasteiger charge is -2.12. The highest BCUT2D eigenvalue weighted by molar-refractivity contribution is 7.15. The van der Waals surface area contributed by atoms with Gasteiger partial charge >= 0.3 is 0 Å². The molecule has 0 aromatic carbocycles. The molecule has 1 fully saturated rings. The van der Waals surface area contributed by atoms with E-state index in [4.69, 9.17) is 4.98 Å². The van der Waals surface area contributed by atoms with Crippen LogP contribution in [0.4, 0.5) is 0 Å². The molecule has 0 spiro atoms. The molecule has 1 saturated carbocycles. The number of rotatable bonds is 5. The first-order chi connectivity index (χ1) is 10.2. The first kappa shape index (κ1) is 14.7. The lowest BCUT2D eigenvalue weighted by molar-refractivity contribution is 0.524. The van der Waals surface area contributed by atoms with E-state index in [1.54, 1.807) is 0 Å². The predicted molar refractivity (Wildman–Crippen MR) is 88.5 cm³/mol. The predicted octanol–water partition coefficient (Wildman–Crippen LogP) is 4.36. The summed E-state index contributed by atoms with van der Waals surface area (Å²) in [4.78, 5) is 10.4. The molecule has 4 heteroatoms. The maximum Gasteiger partial charge on any atom is 0.124 e. The van der Waals surface area contributed by atoms with Crippen molar-refractivity contribution in [2.45, 2.75) is 58.0 Å². The monoisotopic (exact) mass is 301 g/mol. The zero-order valence-corrected chi connectivity index (χ0v) is 13.6. The summed E-state index contributed by atoms with van der Waals surface area (Å²) in [6.45, 7) is 5.41. The molecule has 0 amide bonds. The quantitative estimate of drug-likeness (QED) is 0.891. The summed E-state index contributed by atoms with van der Waals surface area (Å²) >= 11 is 1.82. The van der Waals surface area contributed by atoms with E-state index in [2.05, 4.69) is 24.1 Å². The second kappa shape index (κ2) is 6.67. The van der Waals surface area contributed by atoms with Crippen molar-refractivity contribution in [3.8, 4) is 10.6 Å². The van der Waals surface area contributed by atoms with Crippen LogP contribution in [0, 0.1) is 0 Å². The maximum atomic E-state index is 4.88. The minimum Gasteiger partial charge on any atom is -0.309 e. The van der Waals surface area contributed by atoms with E-state index >= 15 is 0 Å². The van der Waals surface area contributed by atoms with Crippen LogP contribution in [-0.4, -0.2) is 16.0 Å². The maximum absolute atomic E-state index is 4.88. The molecule has 0 atom stereocenters. The van der Waals surface area contributed by atoms with Gasteiger partial charge in [0.2, 0.25) is 0 Å². The molecule has 2 aromatic rings. The molecule has 1 N–H and O–H groups in total. The zero-order chi connectivity index (χ0) is 14.7. The lowest BCUT2D eigenvalue weighted by atomic mass is 10.1. The minimum absolute atomic E-state index is 0.470. The van der Waals surface area contributed by atoms with E-state index in [-0.39, 0.29) is 0 Å². The Labute approximate surface area is 130 Å². The first-order valence-corrected chi connectivity index (χ1v) is 8.69. The molecule has 0 bridgehead atoms. The summed E-state index contributed by atoms with van der Waals surface area (Å²) in [7, 11) is 0. The van der Waals surface area contributed by atoms with E-state index in [9.17, 15) is 0 Å². The van der Waals surface area contributed by atoms with Crippen molar-refractivity contribution in [2.24, 2.45) is 0 Å². The third kappa shape index (κ3) is 3.50. The van der Waals surface area contributed by atoms with Crippen molar-refractivity contribution in [1.29, 1.82) is 0 Å². The van der Waals surface area contributed by atoms with Crippen LogP contribution in [0.3, 0.4) is 0 Å². The standard InChI is InChI=1S/C17H23N3S/c1-12(2)16-15(11-19-14-5-3-4-6-14)21-17(20-16)13-7-9-18-10-8-13/h7-10,12,14,19H,3-6,11H2,1-2H3. The Kier molecular flexibility index (Phi) is 4.66. The van der Waals surface area contributed by atoms with Crippen LogP contribution in [0.5, 0.6) is 0 Å². The van der Waals surface area contributed by atoms with Gasteiger partial charge in [-0.25, -0.2) is 4.98 Å². The van der Waals surface area contributed by atoms with E-state index < -0.39 is 0 Å². The highest BCUT2D eigenvalue weighted by Crippen LogP contribution is 2.32. The van der Waals surface area contributed by atoms with E-state index in [1.165, 1.54) is 41.8 Å². The number of nitrogens with zero attached hydrogens (tertiary/aromatic N) is 2. The van der Waals surface area contributed by atoms with Crippen molar-refractivity contribution in [1.82, 2.24) is 15.3 Å². The van der Waals surface area contributed by atoms with Gasteiger partial charge in [-0.3, -0.25) is 4.98 Å². The summed E-state index contributed by atoms with van der Waals surface area (Å²) in [5.74, 6) is 0.470. The molecule has 0 saturated heterocycles. The Morgan fingerprint density at radius 2 is 1.95 bits per heavy atom. The number of hydrogen-bond acceptors (Lipinski definition) is 4. The second-order valence-corrected chi connectivity index (χ2v) is 7.16. The second-order valence-electron chi connectivity index (χ2n) is 6.08. The highest BCUT2D eigenvalue weighted by atomic mass is 32.1. The molecular formula is C17H23N3S. The van der Waals surface area contributed by atoms with Crippen LogP contribution in [0.2, 0.25) is 0 Å². The smallest absolute Gasteiger partial charge is 0.124 e. The van der Waals surface area contributed by atoms with Crippen molar-refractivity contribution in [2.75, 3.05) is 0 Å². The molecule has 0 unspecified atom stereocenters. The summed E-state index contributed by atoms with van der Waals surface area (Å²) in [6.07, 6.45) is 9.07.